The van der Waals surface area contributed by atoms with Crippen LogP contribution >= 0.6 is 27.3 Å². The van der Waals surface area contributed by atoms with Crippen molar-refractivity contribution in [1.82, 2.24) is 0 Å². The van der Waals surface area contributed by atoms with E-state index in [0.29, 0.717) is 20.3 Å². The van der Waals surface area contributed by atoms with Crippen molar-refractivity contribution in [2.24, 2.45) is 0 Å². The summed E-state index contributed by atoms with van der Waals surface area (Å²) < 4.78 is 30.7. The van der Waals surface area contributed by atoms with Crippen molar-refractivity contribution in [3.05, 3.63) is 22.8 Å². The molecule has 0 spiro atoms. The maximum atomic E-state index is 14.7. The summed E-state index contributed by atoms with van der Waals surface area (Å²) in [6.45, 7) is 2.27. The quantitative estimate of drug-likeness (QED) is 0.334. The Kier molecular flexibility index (Phi) is 7.19. The number of hydrogen-bond donors (Lipinski definition) is 0. The Morgan fingerprint density at radius 3 is 2.68 bits per heavy atom. The minimum atomic E-state index is -0.559. The molecule has 2 aromatic rings. The molecule has 0 aliphatic rings. The van der Waals surface area contributed by atoms with Crippen LogP contribution in [0.5, 0.6) is 11.5 Å². The van der Waals surface area contributed by atoms with Gasteiger partial charge in [-0.15, -0.1) is 11.3 Å². The van der Waals surface area contributed by atoms with Crippen molar-refractivity contribution < 1.29 is 28.2 Å². The fourth-order valence-electron chi connectivity index (χ4n) is 2.24. The summed E-state index contributed by atoms with van der Waals surface area (Å²) in [5, 5.41) is 0.851. The molecule has 0 amide bonds. The lowest BCUT2D eigenvalue weighted by atomic mass is 10.1. The van der Waals surface area contributed by atoms with Crippen molar-refractivity contribution >= 4 is 49.1 Å². The summed E-state index contributed by atoms with van der Waals surface area (Å²) in [7, 11) is 1.43. The Bertz CT molecular complexity index is 774. The SMILES string of the molecule is CCOC(=O)CCC(=O)c1cc2c(F)c(OCCBr)c(OC)cc2s1. The van der Waals surface area contributed by atoms with Crippen molar-refractivity contribution in [3.63, 3.8) is 0 Å². The van der Waals surface area contributed by atoms with Gasteiger partial charge in [0.1, 0.15) is 0 Å². The van der Waals surface area contributed by atoms with Crippen LogP contribution in [0.15, 0.2) is 12.1 Å². The number of rotatable bonds is 9. The van der Waals surface area contributed by atoms with E-state index in [0.717, 1.165) is 11.3 Å². The smallest absolute Gasteiger partial charge is 0.306 e. The number of Topliss-reactive ketones (excluding diaryl/α,β-unsaturated/α-hetero) is 1. The number of esters is 1. The van der Waals surface area contributed by atoms with Crippen molar-refractivity contribution in [1.29, 1.82) is 0 Å². The zero-order valence-corrected chi connectivity index (χ0v) is 16.3. The molecule has 136 valence electrons. The molecular formula is C17H18BrFO5S. The van der Waals surface area contributed by atoms with Gasteiger partial charge in [-0.2, -0.15) is 0 Å². The lowest BCUT2D eigenvalue weighted by molar-refractivity contribution is -0.143. The lowest BCUT2D eigenvalue weighted by Crippen LogP contribution is -2.07. The Morgan fingerprint density at radius 1 is 1.28 bits per heavy atom. The van der Waals surface area contributed by atoms with E-state index >= 15 is 0 Å². The van der Waals surface area contributed by atoms with Gasteiger partial charge in [0.05, 0.1) is 31.6 Å². The molecule has 8 heteroatoms. The number of carbonyl (C=O) groups is 2. The van der Waals surface area contributed by atoms with E-state index in [1.807, 2.05) is 0 Å². The molecule has 2 rings (SSSR count). The third-order valence-corrected chi connectivity index (χ3v) is 4.81. The predicted molar refractivity (Wildman–Crippen MR) is 97.8 cm³/mol. The van der Waals surface area contributed by atoms with Crippen LogP contribution in [0, 0.1) is 5.82 Å². The number of benzene rings is 1. The normalized spacial score (nSPS) is 10.7. The van der Waals surface area contributed by atoms with Crippen LogP contribution in [-0.4, -0.2) is 37.4 Å². The second-order valence-corrected chi connectivity index (χ2v) is 6.89. The molecule has 0 saturated heterocycles. The van der Waals surface area contributed by atoms with Crippen LogP contribution in [0.3, 0.4) is 0 Å². The van der Waals surface area contributed by atoms with E-state index in [1.165, 1.54) is 13.2 Å². The molecule has 1 aromatic carbocycles. The number of hydrogen-bond acceptors (Lipinski definition) is 6. The molecule has 5 nitrogen and oxygen atoms in total. The molecular weight excluding hydrogens is 415 g/mol. The standard InChI is InChI=1S/C17H18BrFO5S/c1-3-23-15(21)5-4-11(20)14-8-10-13(25-14)9-12(22-2)17(16(10)19)24-7-6-18/h8-9H,3-7H2,1-2H3. The molecule has 0 radical (unpaired) electrons. The van der Waals surface area contributed by atoms with E-state index in [-0.39, 0.29) is 43.3 Å². The molecule has 0 aliphatic carbocycles. The first-order valence-corrected chi connectivity index (χ1v) is 9.63. The topological polar surface area (TPSA) is 61.8 Å². The summed E-state index contributed by atoms with van der Waals surface area (Å²) in [5.41, 5.74) is 0. The lowest BCUT2D eigenvalue weighted by Gasteiger charge is -2.11. The fourth-order valence-corrected chi connectivity index (χ4v) is 3.45. The average molecular weight is 433 g/mol. The highest BCUT2D eigenvalue weighted by molar-refractivity contribution is 9.09. The summed E-state index contributed by atoms with van der Waals surface area (Å²) in [4.78, 5) is 24.0. The summed E-state index contributed by atoms with van der Waals surface area (Å²) in [6.07, 6.45) is 0.0314. The molecule has 0 bridgehead atoms. The second-order valence-electron chi connectivity index (χ2n) is 5.01. The van der Waals surface area contributed by atoms with Crippen molar-refractivity contribution in [2.75, 3.05) is 25.7 Å². The Morgan fingerprint density at radius 2 is 2.04 bits per heavy atom. The zero-order valence-electron chi connectivity index (χ0n) is 13.9. The monoisotopic (exact) mass is 432 g/mol. The minimum Gasteiger partial charge on any atom is -0.493 e. The molecule has 0 aliphatic heterocycles. The maximum absolute atomic E-state index is 14.7. The summed E-state index contributed by atoms with van der Waals surface area (Å²) >= 11 is 4.38. The number of thiophene rings is 1. The van der Waals surface area contributed by atoms with Crippen LogP contribution in [0.4, 0.5) is 4.39 Å². The van der Waals surface area contributed by atoms with Crippen LogP contribution < -0.4 is 9.47 Å². The van der Waals surface area contributed by atoms with E-state index in [4.69, 9.17) is 14.2 Å². The van der Waals surface area contributed by atoms with E-state index in [2.05, 4.69) is 15.9 Å². The number of ether oxygens (including phenoxy) is 3. The second kappa shape index (κ2) is 9.15. The first-order valence-electron chi connectivity index (χ1n) is 7.69. The summed E-state index contributed by atoms with van der Waals surface area (Å²) in [5.74, 6) is -0.905. The molecule has 1 heterocycles. The highest BCUT2D eigenvalue weighted by Gasteiger charge is 2.20. The van der Waals surface area contributed by atoms with E-state index < -0.39 is 11.8 Å². The maximum Gasteiger partial charge on any atom is 0.306 e. The number of alkyl halides is 1. The van der Waals surface area contributed by atoms with Crippen molar-refractivity contribution in [3.8, 4) is 11.5 Å². The molecule has 0 N–H and O–H groups in total. The first kappa shape index (κ1) is 19.7. The van der Waals surface area contributed by atoms with Gasteiger partial charge in [0.25, 0.3) is 0 Å². The van der Waals surface area contributed by atoms with Gasteiger partial charge in [0, 0.05) is 27.9 Å². The van der Waals surface area contributed by atoms with Gasteiger partial charge >= 0.3 is 5.97 Å². The Labute approximate surface area is 157 Å². The van der Waals surface area contributed by atoms with E-state index in [9.17, 15) is 14.0 Å². The number of carbonyl (C=O) groups excluding carboxylic acids is 2. The van der Waals surface area contributed by atoms with Crippen LogP contribution in [0.2, 0.25) is 0 Å². The number of ketones is 1. The molecule has 1 aromatic heterocycles. The van der Waals surface area contributed by atoms with Crippen LogP contribution in [0.25, 0.3) is 10.1 Å². The van der Waals surface area contributed by atoms with Crippen LogP contribution in [-0.2, 0) is 9.53 Å². The molecule has 25 heavy (non-hydrogen) atoms. The minimum absolute atomic E-state index is 0.00628. The van der Waals surface area contributed by atoms with Gasteiger partial charge in [0.2, 0.25) is 0 Å². The third kappa shape index (κ3) is 4.70. The molecule has 0 atom stereocenters. The van der Waals surface area contributed by atoms with Gasteiger partial charge in [-0.05, 0) is 13.0 Å². The zero-order chi connectivity index (χ0) is 18.4. The Hall–Kier alpha value is -1.67. The molecule has 0 fully saturated rings. The largest absolute Gasteiger partial charge is 0.493 e. The highest BCUT2D eigenvalue weighted by atomic mass is 79.9. The van der Waals surface area contributed by atoms with Gasteiger partial charge in [0.15, 0.2) is 23.1 Å². The van der Waals surface area contributed by atoms with Gasteiger partial charge in [-0.1, -0.05) is 15.9 Å². The number of methoxy groups -OCH3 is 1. The van der Waals surface area contributed by atoms with Crippen LogP contribution in [0.1, 0.15) is 29.4 Å². The van der Waals surface area contributed by atoms with E-state index in [1.54, 1.807) is 13.0 Å². The average Bonchev–Trinajstić information content (AvgIpc) is 3.03. The first-order chi connectivity index (χ1) is 12.0. The van der Waals surface area contributed by atoms with Gasteiger partial charge in [-0.3, -0.25) is 9.59 Å². The highest BCUT2D eigenvalue weighted by Crippen LogP contribution is 2.40. The van der Waals surface area contributed by atoms with Gasteiger partial charge < -0.3 is 14.2 Å². The molecule has 0 saturated carbocycles. The Balaban J connectivity index is 2.27. The number of halogens is 2. The fraction of sp³-hybridized carbons (Fsp3) is 0.412. The molecule has 0 unspecified atom stereocenters. The van der Waals surface area contributed by atoms with Gasteiger partial charge in [-0.25, -0.2) is 4.39 Å². The predicted octanol–water partition coefficient (Wildman–Crippen LogP) is 4.35. The number of fused-ring (bicyclic) bond motifs is 1. The third-order valence-electron chi connectivity index (χ3n) is 3.36. The van der Waals surface area contributed by atoms with Crippen molar-refractivity contribution in [2.45, 2.75) is 19.8 Å². The summed E-state index contributed by atoms with van der Waals surface area (Å²) in [6, 6.07) is 3.14.